The number of ether oxygens (including phenoxy) is 1. The van der Waals surface area contributed by atoms with Crippen LogP contribution in [0.1, 0.15) is 16.7 Å². The fourth-order valence-corrected chi connectivity index (χ4v) is 3.68. The Bertz CT molecular complexity index is 718. The second-order valence-electron chi connectivity index (χ2n) is 6.89. The van der Waals surface area contributed by atoms with Crippen molar-refractivity contribution < 1.29 is 4.74 Å². The standard InChI is InChI=1S/C22H26N2O/c1-2-6-19(7-3-1)8-5-12-23-13-15-24(16-14-23)18-21-10-4-9-20-11-17-25-22(20)21/h1-10H,11-18H2. The summed E-state index contributed by atoms with van der Waals surface area (Å²) in [6.07, 6.45) is 5.56. The zero-order valence-corrected chi connectivity index (χ0v) is 14.7. The summed E-state index contributed by atoms with van der Waals surface area (Å²) >= 11 is 0. The van der Waals surface area contributed by atoms with Gasteiger partial charge in [-0.3, -0.25) is 9.80 Å². The second kappa shape index (κ2) is 7.85. The molecule has 2 heterocycles. The Labute approximate surface area is 150 Å². The molecule has 0 amide bonds. The summed E-state index contributed by atoms with van der Waals surface area (Å²) in [5.74, 6) is 1.15. The van der Waals surface area contributed by atoms with Crippen molar-refractivity contribution in [3.63, 3.8) is 0 Å². The maximum atomic E-state index is 5.84. The molecule has 0 spiro atoms. The molecule has 1 saturated heterocycles. The SMILES string of the molecule is C(=Cc1ccccc1)CN1CCN(Cc2cccc3c2OCC3)CC1. The smallest absolute Gasteiger partial charge is 0.127 e. The van der Waals surface area contributed by atoms with Gasteiger partial charge in [0.15, 0.2) is 0 Å². The molecule has 2 aromatic rings. The van der Waals surface area contributed by atoms with E-state index in [1.54, 1.807) is 0 Å². The van der Waals surface area contributed by atoms with Crippen LogP contribution in [0.25, 0.3) is 6.08 Å². The zero-order chi connectivity index (χ0) is 16.9. The maximum Gasteiger partial charge on any atom is 0.127 e. The van der Waals surface area contributed by atoms with E-state index in [4.69, 9.17) is 4.74 Å². The van der Waals surface area contributed by atoms with Crippen molar-refractivity contribution in [2.24, 2.45) is 0 Å². The van der Waals surface area contributed by atoms with Gasteiger partial charge in [0.2, 0.25) is 0 Å². The molecule has 0 unspecified atom stereocenters. The molecule has 1 fully saturated rings. The van der Waals surface area contributed by atoms with Crippen LogP contribution >= 0.6 is 0 Å². The third-order valence-corrected chi connectivity index (χ3v) is 5.13. The molecule has 0 N–H and O–H groups in total. The van der Waals surface area contributed by atoms with Crippen LogP contribution in [0.5, 0.6) is 5.75 Å². The first-order valence-electron chi connectivity index (χ1n) is 9.28. The third kappa shape index (κ3) is 4.12. The zero-order valence-electron chi connectivity index (χ0n) is 14.7. The van der Waals surface area contributed by atoms with E-state index in [1.165, 1.54) is 16.7 Å². The lowest BCUT2D eigenvalue weighted by atomic mass is 10.1. The van der Waals surface area contributed by atoms with Crippen LogP contribution in [0.4, 0.5) is 0 Å². The van der Waals surface area contributed by atoms with Crippen molar-refractivity contribution in [3.8, 4) is 5.75 Å². The molecule has 0 saturated carbocycles. The molecule has 0 radical (unpaired) electrons. The minimum absolute atomic E-state index is 0.841. The molecular weight excluding hydrogens is 308 g/mol. The number of rotatable bonds is 5. The van der Waals surface area contributed by atoms with Crippen molar-refractivity contribution in [3.05, 3.63) is 71.3 Å². The Morgan fingerprint density at radius 1 is 0.880 bits per heavy atom. The molecule has 0 aromatic heterocycles. The largest absolute Gasteiger partial charge is 0.493 e. The van der Waals surface area contributed by atoms with E-state index in [0.717, 1.165) is 58.0 Å². The fourth-order valence-electron chi connectivity index (χ4n) is 3.68. The van der Waals surface area contributed by atoms with Crippen molar-refractivity contribution >= 4 is 6.08 Å². The van der Waals surface area contributed by atoms with Gasteiger partial charge < -0.3 is 4.74 Å². The summed E-state index contributed by atoms with van der Waals surface area (Å²) in [6, 6.07) is 17.1. The quantitative estimate of drug-likeness (QED) is 0.833. The van der Waals surface area contributed by atoms with Crippen molar-refractivity contribution in [2.75, 3.05) is 39.3 Å². The van der Waals surface area contributed by atoms with Crippen LogP contribution in [0, 0.1) is 0 Å². The number of hydrogen-bond acceptors (Lipinski definition) is 3. The minimum Gasteiger partial charge on any atom is -0.493 e. The van der Waals surface area contributed by atoms with Gasteiger partial charge in [-0.2, -0.15) is 0 Å². The molecule has 4 rings (SSSR count). The summed E-state index contributed by atoms with van der Waals surface area (Å²) < 4.78 is 5.84. The van der Waals surface area contributed by atoms with Crippen molar-refractivity contribution in [1.82, 2.24) is 9.80 Å². The Morgan fingerprint density at radius 3 is 2.52 bits per heavy atom. The number of hydrogen-bond donors (Lipinski definition) is 0. The summed E-state index contributed by atoms with van der Waals surface area (Å²) in [5, 5.41) is 0. The van der Waals surface area contributed by atoms with E-state index in [-0.39, 0.29) is 0 Å². The van der Waals surface area contributed by atoms with E-state index < -0.39 is 0 Å². The van der Waals surface area contributed by atoms with E-state index in [1.807, 2.05) is 0 Å². The Morgan fingerprint density at radius 2 is 1.68 bits per heavy atom. The first-order chi connectivity index (χ1) is 12.4. The molecule has 3 heteroatoms. The van der Waals surface area contributed by atoms with E-state index in [9.17, 15) is 0 Å². The molecular formula is C22H26N2O. The van der Waals surface area contributed by atoms with Crippen molar-refractivity contribution in [1.29, 1.82) is 0 Å². The van der Waals surface area contributed by atoms with Gasteiger partial charge in [-0.25, -0.2) is 0 Å². The lowest BCUT2D eigenvalue weighted by Gasteiger charge is -2.34. The highest BCUT2D eigenvalue weighted by molar-refractivity contribution is 5.48. The van der Waals surface area contributed by atoms with Crippen LogP contribution in [0.15, 0.2) is 54.6 Å². The highest BCUT2D eigenvalue weighted by Gasteiger charge is 2.20. The van der Waals surface area contributed by atoms with Gasteiger partial charge in [-0.15, -0.1) is 0 Å². The number of nitrogens with zero attached hydrogens (tertiary/aromatic N) is 2. The van der Waals surface area contributed by atoms with Gasteiger partial charge in [-0.1, -0.05) is 60.7 Å². The highest BCUT2D eigenvalue weighted by Crippen LogP contribution is 2.30. The summed E-state index contributed by atoms with van der Waals surface area (Å²) in [6.45, 7) is 7.41. The number of piperazine rings is 1. The first kappa shape index (κ1) is 16.4. The molecule has 0 bridgehead atoms. The number of fused-ring (bicyclic) bond motifs is 1. The predicted molar refractivity (Wildman–Crippen MR) is 103 cm³/mol. The van der Waals surface area contributed by atoms with Gasteiger partial charge in [0.1, 0.15) is 5.75 Å². The molecule has 2 aliphatic heterocycles. The lowest BCUT2D eigenvalue weighted by molar-refractivity contribution is 0.136. The Kier molecular flexibility index (Phi) is 5.14. The average Bonchev–Trinajstić information content (AvgIpc) is 3.14. The van der Waals surface area contributed by atoms with Gasteiger partial charge in [0, 0.05) is 51.3 Å². The summed E-state index contributed by atoms with van der Waals surface area (Å²) in [5.41, 5.74) is 4.01. The van der Waals surface area contributed by atoms with E-state index in [2.05, 4.69) is 70.5 Å². The molecule has 0 atom stereocenters. The molecule has 3 nitrogen and oxygen atoms in total. The van der Waals surface area contributed by atoms with E-state index in [0.29, 0.717) is 0 Å². The van der Waals surface area contributed by atoms with Crippen LogP contribution in [-0.2, 0) is 13.0 Å². The first-order valence-corrected chi connectivity index (χ1v) is 9.28. The normalized spacial score (nSPS) is 18.4. The molecule has 130 valence electrons. The summed E-state index contributed by atoms with van der Waals surface area (Å²) in [4.78, 5) is 5.08. The highest BCUT2D eigenvalue weighted by atomic mass is 16.5. The van der Waals surface area contributed by atoms with Crippen molar-refractivity contribution in [2.45, 2.75) is 13.0 Å². The third-order valence-electron chi connectivity index (χ3n) is 5.13. The van der Waals surface area contributed by atoms with Gasteiger partial charge in [0.05, 0.1) is 6.61 Å². The van der Waals surface area contributed by atoms with Crippen LogP contribution in [0.2, 0.25) is 0 Å². The Hall–Kier alpha value is -2.10. The van der Waals surface area contributed by atoms with Gasteiger partial charge in [-0.05, 0) is 11.1 Å². The van der Waals surface area contributed by atoms with Crippen LogP contribution in [0.3, 0.4) is 0 Å². The lowest BCUT2D eigenvalue weighted by Crippen LogP contribution is -2.45. The molecule has 25 heavy (non-hydrogen) atoms. The number of para-hydroxylation sites is 1. The van der Waals surface area contributed by atoms with Gasteiger partial charge >= 0.3 is 0 Å². The molecule has 0 aliphatic carbocycles. The Balaban J connectivity index is 1.26. The van der Waals surface area contributed by atoms with Gasteiger partial charge in [0.25, 0.3) is 0 Å². The fraction of sp³-hybridized carbons (Fsp3) is 0.364. The topological polar surface area (TPSA) is 15.7 Å². The molecule has 2 aliphatic rings. The van der Waals surface area contributed by atoms with E-state index >= 15 is 0 Å². The number of benzene rings is 2. The van der Waals surface area contributed by atoms with Crippen LogP contribution < -0.4 is 4.74 Å². The minimum atomic E-state index is 0.841. The monoisotopic (exact) mass is 334 g/mol. The second-order valence-corrected chi connectivity index (χ2v) is 6.89. The maximum absolute atomic E-state index is 5.84. The average molecular weight is 334 g/mol. The molecule has 2 aromatic carbocycles. The summed E-state index contributed by atoms with van der Waals surface area (Å²) in [7, 11) is 0. The predicted octanol–water partition coefficient (Wildman–Crippen LogP) is 3.45. The van der Waals surface area contributed by atoms with Crippen LogP contribution in [-0.4, -0.2) is 49.1 Å².